The number of urea groups is 1. The van der Waals surface area contributed by atoms with Gasteiger partial charge in [-0.25, -0.2) is 9.18 Å². The lowest BCUT2D eigenvalue weighted by molar-refractivity contribution is -0.118. The van der Waals surface area contributed by atoms with E-state index in [1.165, 1.54) is 12.1 Å². The number of allylic oxidation sites excluding steroid dienone is 1. The molecule has 2 aliphatic rings. The minimum absolute atomic E-state index is 0.232. The Hall–Kier alpha value is -2.41. The number of hydrogen-bond acceptors (Lipinski definition) is 3. The molecule has 140 valence electrons. The second kappa shape index (κ2) is 7.45. The molecule has 3 N–H and O–H groups in total. The average molecular weight is 361 g/mol. The Kier molecular flexibility index (Phi) is 5.27. The van der Waals surface area contributed by atoms with E-state index < -0.39 is 0 Å². The van der Waals surface area contributed by atoms with Gasteiger partial charge in [0.2, 0.25) is 0 Å². The Labute approximate surface area is 152 Å². The van der Waals surface area contributed by atoms with E-state index in [-0.39, 0.29) is 29.2 Å². The zero-order chi connectivity index (χ0) is 18.7. The summed E-state index contributed by atoms with van der Waals surface area (Å²) in [6.07, 6.45) is 1.42. The van der Waals surface area contributed by atoms with Crippen molar-refractivity contribution in [3.63, 3.8) is 0 Å². The normalized spacial score (nSPS) is 22.4. The Balaban J connectivity index is 1.79. The number of amides is 3. The zero-order valence-electron chi connectivity index (χ0n) is 15.0. The number of hydrogen-bond donors (Lipinski definition) is 3. The lowest BCUT2D eigenvalue weighted by Gasteiger charge is -2.38. The predicted octanol–water partition coefficient (Wildman–Crippen LogP) is 1.97. The zero-order valence-corrected chi connectivity index (χ0v) is 15.0. The fraction of sp³-hybridized carbons (Fsp3) is 0.474. The molecular weight excluding hydrogens is 337 g/mol. The Morgan fingerprint density at radius 1 is 1.38 bits per heavy atom. The molecule has 1 fully saturated rings. The number of benzene rings is 1. The van der Waals surface area contributed by atoms with Gasteiger partial charge in [-0.2, -0.15) is 0 Å². The second-order valence-corrected chi connectivity index (χ2v) is 6.94. The Morgan fingerprint density at radius 3 is 2.77 bits per heavy atom. The maximum absolute atomic E-state index is 13.7. The number of rotatable bonds is 4. The van der Waals surface area contributed by atoms with Crippen LogP contribution in [0.1, 0.15) is 32.3 Å². The molecule has 7 heteroatoms. The molecule has 3 amide bonds. The molecule has 1 saturated heterocycles. The molecule has 0 spiro atoms. The van der Waals surface area contributed by atoms with Crippen LogP contribution in [0.4, 0.5) is 9.18 Å². The highest BCUT2D eigenvalue weighted by atomic mass is 19.1. The highest BCUT2D eigenvalue weighted by molar-refractivity contribution is 5.98. The minimum Gasteiger partial charge on any atom is -0.381 e. The SMILES string of the molecule is CC1=C(C(=O)NCC2(c3cccc(F)c3)CCOCC2)[C@@H](C)NC(=O)N1. The van der Waals surface area contributed by atoms with E-state index in [1.54, 1.807) is 19.9 Å². The lowest BCUT2D eigenvalue weighted by atomic mass is 9.74. The standard InChI is InChI=1S/C19H24FN3O3/c1-12-16(13(2)23-18(25)22-12)17(24)21-11-19(6-8-26-9-7-19)14-4-3-5-15(20)10-14/h3-5,10,12H,6-9,11H2,1-2H3,(H,21,24)(H2,22,23,25)/t12-/m1/s1. The van der Waals surface area contributed by atoms with Crippen LogP contribution in [0.25, 0.3) is 0 Å². The van der Waals surface area contributed by atoms with Crippen molar-refractivity contribution in [1.29, 1.82) is 0 Å². The molecule has 2 heterocycles. The van der Waals surface area contributed by atoms with Crippen LogP contribution < -0.4 is 16.0 Å². The third-order valence-electron chi connectivity index (χ3n) is 5.20. The van der Waals surface area contributed by atoms with Crippen molar-refractivity contribution in [3.05, 3.63) is 46.9 Å². The highest BCUT2D eigenvalue weighted by Crippen LogP contribution is 2.34. The predicted molar refractivity (Wildman–Crippen MR) is 95.0 cm³/mol. The first-order chi connectivity index (χ1) is 12.4. The first-order valence-corrected chi connectivity index (χ1v) is 8.81. The van der Waals surface area contributed by atoms with E-state index in [9.17, 15) is 14.0 Å². The van der Waals surface area contributed by atoms with E-state index in [0.717, 1.165) is 5.56 Å². The second-order valence-electron chi connectivity index (χ2n) is 6.94. The summed E-state index contributed by atoms with van der Waals surface area (Å²) in [4.78, 5) is 24.2. The van der Waals surface area contributed by atoms with Crippen LogP contribution in [0.2, 0.25) is 0 Å². The summed E-state index contributed by atoms with van der Waals surface area (Å²) in [5.74, 6) is -0.518. The average Bonchev–Trinajstić information content (AvgIpc) is 2.60. The van der Waals surface area contributed by atoms with Crippen LogP contribution in [0.5, 0.6) is 0 Å². The summed E-state index contributed by atoms with van der Waals surface area (Å²) in [7, 11) is 0. The van der Waals surface area contributed by atoms with Crippen LogP contribution in [0.3, 0.4) is 0 Å². The molecule has 1 aromatic carbocycles. The van der Waals surface area contributed by atoms with Crippen molar-refractivity contribution in [3.8, 4) is 0 Å². The van der Waals surface area contributed by atoms with E-state index >= 15 is 0 Å². The first kappa shape index (κ1) is 18.4. The number of halogens is 1. The summed E-state index contributed by atoms with van der Waals surface area (Å²) < 4.78 is 19.2. The maximum Gasteiger partial charge on any atom is 0.319 e. The van der Waals surface area contributed by atoms with Crippen molar-refractivity contribution in [2.75, 3.05) is 19.8 Å². The van der Waals surface area contributed by atoms with Crippen LogP contribution in [0, 0.1) is 5.82 Å². The van der Waals surface area contributed by atoms with Gasteiger partial charge in [0, 0.05) is 30.9 Å². The monoisotopic (exact) mass is 361 g/mol. The van der Waals surface area contributed by atoms with Crippen molar-refractivity contribution < 1.29 is 18.7 Å². The molecule has 1 aromatic rings. The number of carbonyl (C=O) groups is 2. The van der Waals surface area contributed by atoms with E-state index in [0.29, 0.717) is 43.9 Å². The highest BCUT2D eigenvalue weighted by Gasteiger charge is 2.36. The van der Waals surface area contributed by atoms with Crippen LogP contribution in [0.15, 0.2) is 35.5 Å². The number of ether oxygens (including phenoxy) is 1. The molecular formula is C19H24FN3O3. The quantitative estimate of drug-likeness (QED) is 0.767. The Bertz CT molecular complexity index is 741. The summed E-state index contributed by atoms with van der Waals surface area (Å²) in [6, 6.07) is 5.86. The van der Waals surface area contributed by atoms with Gasteiger partial charge in [-0.15, -0.1) is 0 Å². The minimum atomic E-state index is -0.372. The molecule has 0 bridgehead atoms. The van der Waals surface area contributed by atoms with Gasteiger partial charge in [-0.05, 0) is 44.4 Å². The first-order valence-electron chi connectivity index (χ1n) is 8.81. The lowest BCUT2D eigenvalue weighted by Crippen LogP contribution is -2.52. The van der Waals surface area contributed by atoms with Gasteiger partial charge in [0.1, 0.15) is 5.82 Å². The van der Waals surface area contributed by atoms with Gasteiger partial charge in [0.25, 0.3) is 5.91 Å². The number of carbonyl (C=O) groups excluding carboxylic acids is 2. The molecule has 0 unspecified atom stereocenters. The van der Waals surface area contributed by atoms with Crippen molar-refractivity contribution in [2.24, 2.45) is 0 Å². The van der Waals surface area contributed by atoms with Crippen LogP contribution in [-0.4, -0.2) is 37.7 Å². The van der Waals surface area contributed by atoms with E-state index in [1.807, 2.05) is 6.07 Å². The molecule has 2 aliphatic heterocycles. The molecule has 26 heavy (non-hydrogen) atoms. The molecule has 3 rings (SSSR count). The van der Waals surface area contributed by atoms with Gasteiger partial charge in [-0.1, -0.05) is 12.1 Å². The number of nitrogens with one attached hydrogen (secondary N) is 3. The van der Waals surface area contributed by atoms with Gasteiger partial charge in [0.15, 0.2) is 0 Å². The van der Waals surface area contributed by atoms with Crippen molar-refractivity contribution in [1.82, 2.24) is 16.0 Å². The van der Waals surface area contributed by atoms with Gasteiger partial charge in [-0.3, -0.25) is 4.79 Å². The van der Waals surface area contributed by atoms with Gasteiger partial charge in [0.05, 0.1) is 11.6 Å². The molecule has 0 radical (unpaired) electrons. The molecule has 0 aliphatic carbocycles. The van der Waals surface area contributed by atoms with Crippen molar-refractivity contribution in [2.45, 2.75) is 38.1 Å². The summed E-state index contributed by atoms with van der Waals surface area (Å²) in [5.41, 5.74) is 1.56. The summed E-state index contributed by atoms with van der Waals surface area (Å²) in [6.45, 7) is 5.01. The van der Waals surface area contributed by atoms with Crippen molar-refractivity contribution >= 4 is 11.9 Å². The fourth-order valence-electron chi connectivity index (χ4n) is 3.73. The topological polar surface area (TPSA) is 79.5 Å². The van der Waals surface area contributed by atoms with Gasteiger partial charge >= 0.3 is 6.03 Å². The smallest absolute Gasteiger partial charge is 0.319 e. The molecule has 0 saturated carbocycles. The fourth-order valence-corrected chi connectivity index (χ4v) is 3.73. The molecule has 1 atom stereocenters. The third-order valence-corrected chi connectivity index (χ3v) is 5.20. The third kappa shape index (κ3) is 3.72. The van der Waals surface area contributed by atoms with Crippen LogP contribution in [-0.2, 0) is 14.9 Å². The van der Waals surface area contributed by atoms with E-state index in [4.69, 9.17) is 4.74 Å². The van der Waals surface area contributed by atoms with Gasteiger partial charge < -0.3 is 20.7 Å². The molecule has 0 aromatic heterocycles. The largest absolute Gasteiger partial charge is 0.381 e. The van der Waals surface area contributed by atoms with Crippen LogP contribution >= 0.6 is 0 Å². The summed E-state index contributed by atoms with van der Waals surface area (Å²) >= 11 is 0. The Morgan fingerprint density at radius 2 is 2.12 bits per heavy atom. The van der Waals surface area contributed by atoms with E-state index in [2.05, 4.69) is 16.0 Å². The summed E-state index contributed by atoms with van der Waals surface area (Å²) in [5, 5.41) is 8.31. The molecule has 6 nitrogen and oxygen atoms in total. The maximum atomic E-state index is 13.7.